The van der Waals surface area contributed by atoms with E-state index in [1.807, 2.05) is 0 Å². The van der Waals surface area contributed by atoms with Crippen molar-refractivity contribution in [2.75, 3.05) is 10.5 Å². The van der Waals surface area contributed by atoms with E-state index in [0.29, 0.717) is 11.5 Å². The van der Waals surface area contributed by atoms with Crippen LogP contribution in [0.1, 0.15) is 39.0 Å². The Kier molecular flexibility index (Phi) is 4.34. The Labute approximate surface area is 136 Å². The first-order valence-electron chi connectivity index (χ1n) is 7.78. The van der Waals surface area contributed by atoms with Gasteiger partial charge in [0.25, 0.3) is 0 Å². The highest BCUT2D eigenvalue weighted by atomic mass is 32.2. The molecule has 1 saturated carbocycles. The van der Waals surface area contributed by atoms with Crippen LogP contribution in [-0.2, 0) is 10.0 Å². The van der Waals surface area contributed by atoms with Gasteiger partial charge in [0.2, 0.25) is 10.0 Å². The van der Waals surface area contributed by atoms with Crippen LogP contribution in [0.3, 0.4) is 0 Å². The minimum Gasteiger partial charge on any atom is -0.280 e. The minimum atomic E-state index is -3.46. The maximum Gasteiger partial charge on any atom is 0.233 e. The van der Waals surface area contributed by atoms with Gasteiger partial charge in [-0.2, -0.15) is 5.10 Å². The molecule has 0 spiro atoms. The Hall–Kier alpha value is -1.96. The molecular formula is C15H21N5O2S. The normalized spacial score (nSPS) is 17.8. The number of hydrogen-bond donors (Lipinski definition) is 1. The lowest BCUT2D eigenvalue weighted by molar-refractivity contribution is 0.247. The molecular weight excluding hydrogens is 314 g/mol. The molecule has 0 aliphatic heterocycles. The molecule has 1 aliphatic carbocycles. The fourth-order valence-corrected chi connectivity index (χ4v) is 4.96. The lowest BCUT2D eigenvalue weighted by Crippen LogP contribution is -2.32. The van der Waals surface area contributed by atoms with E-state index >= 15 is 0 Å². The molecule has 0 bridgehead atoms. The second kappa shape index (κ2) is 6.27. The quantitative estimate of drug-likeness (QED) is 0.906. The Bertz CT molecular complexity index is 752. The SMILES string of the molecule is CC1(CS(=O)(=O)Nc2cccnc2-n2cncn2)CCCCC1. The number of rotatable bonds is 5. The number of aromatic nitrogens is 4. The van der Waals surface area contributed by atoms with Gasteiger partial charge in [0.15, 0.2) is 5.82 Å². The number of hydrogen-bond acceptors (Lipinski definition) is 5. The molecule has 0 amide bonds. The third-order valence-electron chi connectivity index (χ3n) is 4.29. The van der Waals surface area contributed by atoms with Crippen molar-refractivity contribution in [3.63, 3.8) is 0 Å². The minimum absolute atomic E-state index is 0.131. The predicted molar refractivity (Wildman–Crippen MR) is 87.8 cm³/mol. The zero-order valence-electron chi connectivity index (χ0n) is 13.1. The average Bonchev–Trinajstić information content (AvgIpc) is 3.01. The first kappa shape index (κ1) is 15.9. The second-order valence-corrected chi connectivity index (χ2v) is 8.17. The molecule has 2 heterocycles. The number of sulfonamides is 1. The van der Waals surface area contributed by atoms with Crippen molar-refractivity contribution in [3.8, 4) is 5.82 Å². The summed E-state index contributed by atoms with van der Waals surface area (Å²) in [6, 6.07) is 3.38. The Balaban J connectivity index is 1.81. The summed E-state index contributed by atoms with van der Waals surface area (Å²) >= 11 is 0. The molecule has 7 nitrogen and oxygen atoms in total. The summed E-state index contributed by atoms with van der Waals surface area (Å²) in [5, 5.41) is 4.01. The molecule has 0 unspecified atom stereocenters. The lowest BCUT2D eigenvalue weighted by Gasteiger charge is -2.33. The fraction of sp³-hybridized carbons (Fsp3) is 0.533. The van der Waals surface area contributed by atoms with Crippen LogP contribution >= 0.6 is 0 Å². The number of nitrogens with zero attached hydrogens (tertiary/aromatic N) is 4. The number of nitrogens with one attached hydrogen (secondary N) is 1. The maximum atomic E-state index is 12.6. The van der Waals surface area contributed by atoms with Gasteiger partial charge in [-0.05, 0) is 30.4 Å². The van der Waals surface area contributed by atoms with Crippen LogP contribution in [0, 0.1) is 5.41 Å². The van der Waals surface area contributed by atoms with E-state index in [1.54, 1.807) is 18.3 Å². The van der Waals surface area contributed by atoms with Crippen LogP contribution in [0.2, 0.25) is 0 Å². The maximum absolute atomic E-state index is 12.6. The molecule has 1 aliphatic rings. The van der Waals surface area contributed by atoms with E-state index in [4.69, 9.17) is 0 Å². The summed E-state index contributed by atoms with van der Waals surface area (Å²) in [6.45, 7) is 2.06. The monoisotopic (exact) mass is 335 g/mol. The van der Waals surface area contributed by atoms with Crippen LogP contribution in [0.25, 0.3) is 5.82 Å². The van der Waals surface area contributed by atoms with Gasteiger partial charge in [-0.3, -0.25) is 4.72 Å². The molecule has 2 aromatic rings. The molecule has 1 N–H and O–H groups in total. The predicted octanol–water partition coefficient (Wildman–Crippen LogP) is 2.37. The van der Waals surface area contributed by atoms with E-state index in [1.165, 1.54) is 23.8 Å². The largest absolute Gasteiger partial charge is 0.280 e. The summed E-state index contributed by atoms with van der Waals surface area (Å²) in [5.74, 6) is 0.550. The highest BCUT2D eigenvalue weighted by molar-refractivity contribution is 7.92. The van der Waals surface area contributed by atoms with Crippen molar-refractivity contribution in [1.82, 2.24) is 19.7 Å². The van der Waals surface area contributed by atoms with Crippen molar-refractivity contribution < 1.29 is 8.42 Å². The van der Waals surface area contributed by atoms with Gasteiger partial charge in [-0.15, -0.1) is 0 Å². The van der Waals surface area contributed by atoms with Gasteiger partial charge in [0.05, 0.1) is 11.4 Å². The molecule has 0 saturated heterocycles. The summed E-state index contributed by atoms with van der Waals surface area (Å²) in [4.78, 5) is 8.08. The zero-order valence-corrected chi connectivity index (χ0v) is 14.0. The fourth-order valence-electron chi connectivity index (χ4n) is 3.19. The Morgan fingerprint density at radius 3 is 2.78 bits per heavy atom. The van der Waals surface area contributed by atoms with E-state index in [-0.39, 0.29) is 11.2 Å². The van der Waals surface area contributed by atoms with Gasteiger partial charge in [-0.25, -0.2) is 23.1 Å². The van der Waals surface area contributed by atoms with Gasteiger partial charge in [-0.1, -0.05) is 26.2 Å². The van der Waals surface area contributed by atoms with E-state index in [9.17, 15) is 8.42 Å². The molecule has 0 radical (unpaired) electrons. The first-order chi connectivity index (χ1) is 11.0. The first-order valence-corrected chi connectivity index (χ1v) is 9.43. The van der Waals surface area contributed by atoms with Gasteiger partial charge in [0, 0.05) is 6.20 Å². The molecule has 0 atom stereocenters. The van der Waals surface area contributed by atoms with Crippen molar-refractivity contribution in [3.05, 3.63) is 31.0 Å². The van der Waals surface area contributed by atoms with Crippen LogP contribution < -0.4 is 4.72 Å². The standard InChI is InChI=1S/C15H21N5O2S/c1-15(7-3-2-4-8-15)10-23(21,22)19-13-6-5-9-17-14(13)20-12-16-11-18-20/h5-6,9,11-12,19H,2-4,7-8,10H2,1H3. The molecule has 8 heteroatoms. The molecule has 1 fully saturated rings. The van der Waals surface area contributed by atoms with Crippen LogP contribution in [-0.4, -0.2) is 33.9 Å². The van der Waals surface area contributed by atoms with E-state index < -0.39 is 10.0 Å². The summed E-state index contributed by atoms with van der Waals surface area (Å²) in [5.41, 5.74) is 0.261. The van der Waals surface area contributed by atoms with E-state index in [2.05, 4.69) is 26.7 Å². The van der Waals surface area contributed by atoms with Gasteiger partial charge in [0.1, 0.15) is 12.7 Å². The topological polar surface area (TPSA) is 89.8 Å². The van der Waals surface area contributed by atoms with Gasteiger partial charge >= 0.3 is 0 Å². The Morgan fingerprint density at radius 2 is 2.09 bits per heavy atom. The third kappa shape index (κ3) is 3.87. The number of pyridine rings is 1. The smallest absolute Gasteiger partial charge is 0.233 e. The van der Waals surface area contributed by atoms with E-state index in [0.717, 1.165) is 25.7 Å². The van der Waals surface area contributed by atoms with Gasteiger partial charge < -0.3 is 0 Å². The summed E-state index contributed by atoms with van der Waals surface area (Å²) < 4.78 is 29.3. The Morgan fingerprint density at radius 1 is 1.30 bits per heavy atom. The molecule has 124 valence electrons. The third-order valence-corrected chi connectivity index (χ3v) is 5.89. The van der Waals surface area contributed by atoms with Crippen LogP contribution in [0.15, 0.2) is 31.0 Å². The molecule has 3 rings (SSSR count). The van der Waals surface area contributed by atoms with Crippen LogP contribution in [0.4, 0.5) is 5.69 Å². The zero-order chi connectivity index (χ0) is 16.3. The van der Waals surface area contributed by atoms with Crippen molar-refractivity contribution in [2.45, 2.75) is 39.0 Å². The lowest BCUT2D eigenvalue weighted by atomic mass is 9.77. The number of anilines is 1. The van der Waals surface area contributed by atoms with Crippen molar-refractivity contribution >= 4 is 15.7 Å². The molecule has 23 heavy (non-hydrogen) atoms. The second-order valence-electron chi connectivity index (χ2n) is 6.45. The molecule has 2 aromatic heterocycles. The highest BCUT2D eigenvalue weighted by Crippen LogP contribution is 2.37. The highest BCUT2D eigenvalue weighted by Gasteiger charge is 2.32. The summed E-state index contributed by atoms with van der Waals surface area (Å²) in [6.07, 6.45) is 9.78. The summed E-state index contributed by atoms with van der Waals surface area (Å²) in [7, 11) is -3.46. The average molecular weight is 335 g/mol. The molecule has 0 aromatic carbocycles. The van der Waals surface area contributed by atoms with Crippen LogP contribution in [0.5, 0.6) is 0 Å². The van der Waals surface area contributed by atoms with Crippen molar-refractivity contribution in [1.29, 1.82) is 0 Å². The van der Waals surface area contributed by atoms with Crippen molar-refractivity contribution in [2.24, 2.45) is 5.41 Å².